The van der Waals surface area contributed by atoms with Gasteiger partial charge in [-0.3, -0.25) is 4.79 Å². The Kier molecular flexibility index (Phi) is 4.07. The Morgan fingerprint density at radius 3 is 2.64 bits per heavy atom. The highest BCUT2D eigenvalue weighted by atomic mass is 32.1. The molecule has 0 fully saturated rings. The highest BCUT2D eigenvalue weighted by molar-refractivity contribution is 7.13. The van der Waals surface area contributed by atoms with Crippen molar-refractivity contribution in [1.29, 1.82) is 0 Å². The minimum atomic E-state index is -0.0766. The van der Waals surface area contributed by atoms with Crippen LogP contribution in [0.4, 0.5) is 5.69 Å². The highest BCUT2D eigenvalue weighted by Crippen LogP contribution is 2.27. The fourth-order valence-corrected chi connectivity index (χ4v) is 3.64. The molecule has 0 aliphatic heterocycles. The first-order chi connectivity index (χ1) is 12.3. The zero-order valence-electron chi connectivity index (χ0n) is 13.8. The van der Waals surface area contributed by atoms with Crippen molar-refractivity contribution in [3.8, 4) is 10.7 Å². The Labute approximate surface area is 149 Å². The van der Waals surface area contributed by atoms with E-state index in [1.807, 2.05) is 60.8 Å². The summed E-state index contributed by atoms with van der Waals surface area (Å²) in [4.78, 5) is 22.5. The fourth-order valence-electron chi connectivity index (χ4n) is 2.87. The quantitative estimate of drug-likeness (QED) is 0.567. The van der Waals surface area contributed by atoms with Gasteiger partial charge < -0.3 is 9.88 Å². The lowest BCUT2D eigenvalue weighted by Gasteiger charge is -2.19. The lowest BCUT2D eigenvalue weighted by atomic mass is 10.2. The molecule has 25 heavy (non-hydrogen) atoms. The Hall–Kier alpha value is -2.92. The maximum atomic E-state index is 12.9. The van der Waals surface area contributed by atoms with Crippen LogP contribution < -0.4 is 4.90 Å². The van der Waals surface area contributed by atoms with Crippen molar-refractivity contribution in [3.05, 3.63) is 71.7 Å². The van der Waals surface area contributed by atoms with E-state index < -0.39 is 0 Å². The van der Waals surface area contributed by atoms with Gasteiger partial charge in [0.1, 0.15) is 10.7 Å². The zero-order chi connectivity index (χ0) is 17.2. The number of para-hydroxylation sites is 2. The molecule has 1 amide bonds. The predicted molar refractivity (Wildman–Crippen MR) is 103 cm³/mol. The van der Waals surface area contributed by atoms with E-state index >= 15 is 0 Å². The molecule has 2 aromatic heterocycles. The first-order valence-electron chi connectivity index (χ1n) is 8.17. The largest absolute Gasteiger partial charge is 0.353 e. The summed E-state index contributed by atoms with van der Waals surface area (Å²) >= 11 is 1.48. The first kappa shape index (κ1) is 15.6. The van der Waals surface area contributed by atoms with Crippen molar-refractivity contribution >= 4 is 33.8 Å². The van der Waals surface area contributed by atoms with E-state index in [9.17, 15) is 4.79 Å². The highest BCUT2D eigenvalue weighted by Gasteiger charge is 2.19. The molecule has 1 N–H and O–H groups in total. The Bertz CT molecular complexity index is 987. The van der Waals surface area contributed by atoms with Gasteiger partial charge in [-0.1, -0.05) is 36.4 Å². The molecule has 4 nitrogen and oxygen atoms in total. The molecule has 0 atom stereocenters. The molecule has 0 bridgehead atoms. The zero-order valence-corrected chi connectivity index (χ0v) is 14.6. The summed E-state index contributed by atoms with van der Waals surface area (Å²) in [6.07, 6.45) is 0. The molecule has 0 radical (unpaired) electrons. The number of anilines is 1. The van der Waals surface area contributed by atoms with Crippen molar-refractivity contribution in [2.75, 3.05) is 11.4 Å². The number of amides is 1. The van der Waals surface area contributed by atoms with Crippen LogP contribution in [-0.2, 0) is 0 Å². The summed E-state index contributed by atoms with van der Waals surface area (Å²) in [5, 5.41) is 3.79. The molecule has 2 heterocycles. The van der Waals surface area contributed by atoms with Gasteiger partial charge in [-0.15, -0.1) is 11.3 Å². The number of benzene rings is 2. The van der Waals surface area contributed by atoms with Gasteiger partial charge in [0, 0.05) is 28.5 Å². The van der Waals surface area contributed by atoms with Crippen molar-refractivity contribution < 1.29 is 4.79 Å². The fraction of sp³-hybridized carbons (Fsp3) is 0.100. The smallest absolute Gasteiger partial charge is 0.277 e. The molecular formula is C20H17N3OS. The number of nitrogens with one attached hydrogen (secondary N) is 1. The maximum Gasteiger partial charge on any atom is 0.277 e. The number of carbonyl (C=O) groups excluding carboxylic acids is 1. The van der Waals surface area contributed by atoms with Crippen LogP contribution in [0.5, 0.6) is 0 Å². The van der Waals surface area contributed by atoms with E-state index in [1.165, 1.54) is 11.3 Å². The summed E-state index contributed by atoms with van der Waals surface area (Å²) in [6.45, 7) is 2.57. The number of H-pyrrole nitrogens is 1. The first-order valence-corrected chi connectivity index (χ1v) is 9.05. The monoisotopic (exact) mass is 347 g/mol. The Balaban J connectivity index is 1.65. The van der Waals surface area contributed by atoms with Gasteiger partial charge in [0.05, 0.1) is 5.69 Å². The normalized spacial score (nSPS) is 10.9. The van der Waals surface area contributed by atoms with Gasteiger partial charge in [-0.05, 0) is 31.2 Å². The molecule has 5 heteroatoms. The predicted octanol–water partition coefficient (Wildman–Crippen LogP) is 4.96. The molecule has 0 saturated carbocycles. The second kappa shape index (κ2) is 6.53. The minimum Gasteiger partial charge on any atom is -0.353 e. The molecule has 0 saturated heterocycles. The lowest BCUT2D eigenvalue weighted by molar-refractivity contribution is 0.0984. The molecule has 0 aliphatic carbocycles. The van der Waals surface area contributed by atoms with Gasteiger partial charge in [-0.2, -0.15) is 0 Å². The van der Waals surface area contributed by atoms with E-state index in [-0.39, 0.29) is 5.91 Å². The Morgan fingerprint density at radius 1 is 1.12 bits per heavy atom. The third kappa shape index (κ3) is 2.94. The van der Waals surface area contributed by atoms with Gasteiger partial charge in [0.25, 0.3) is 5.91 Å². The molecule has 0 spiro atoms. The van der Waals surface area contributed by atoms with Crippen LogP contribution in [0.2, 0.25) is 0 Å². The number of hydrogen-bond acceptors (Lipinski definition) is 3. The molecule has 0 unspecified atom stereocenters. The number of carbonyl (C=O) groups is 1. The van der Waals surface area contributed by atoms with E-state index in [1.54, 1.807) is 4.90 Å². The number of nitrogens with zero attached hydrogens (tertiary/aromatic N) is 2. The SMILES string of the molecule is CCN(C(=O)c1csc(-c2cc3ccccc3[nH]2)n1)c1ccccc1. The van der Waals surface area contributed by atoms with Crippen LogP contribution in [-0.4, -0.2) is 22.4 Å². The summed E-state index contributed by atoms with van der Waals surface area (Å²) in [7, 11) is 0. The molecule has 0 aliphatic rings. The number of rotatable bonds is 4. The molecule has 4 aromatic rings. The average Bonchev–Trinajstić information content (AvgIpc) is 3.30. The average molecular weight is 347 g/mol. The van der Waals surface area contributed by atoms with Gasteiger partial charge >= 0.3 is 0 Å². The standard InChI is InChI=1S/C20H17N3OS/c1-2-23(15-9-4-3-5-10-15)20(24)18-13-25-19(22-18)17-12-14-8-6-7-11-16(14)21-17/h3-13,21H,2H2,1H3. The second-order valence-corrected chi connectivity index (χ2v) is 6.55. The van der Waals surface area contributed by atoms with Crippen LogP contribution in [0, 0.1) is 0 Å². The molecular weight excluding hydrogens is 330 g/mol. The van der Waals surface area contributed by atoms with E-state index in [0.29, 0.717) is 12.2 Å². The van der Waals surface area contributed by atoms with Crippen molar-refractivity contribution in [3.63, 3.8) is 0 Å². The van der Waals surface area contributed by atoms with Crippen LogP contribution in [0.1, 0.15) is 17.4 Å². The number of hydrogen-bond donors (Lipinski definition) is 1. The summed E-state index contributed by atoms with van der Waals surface area (Å²) in [5.41, 5.74) is 3.37. The van der Waals surface area contributed by atoms with Crippen LogP contribution in [0.15, 0.2) is 66.0 Å². The Morgan fingerprint density at radius 2 is 1.88 bits per heavy atom. The van der Waals surface area contributed by atoms with E-state index in [2.05, 4.69) is 22.1 Å². The summed E-state index contributed by atoms with van der Waals surface area (Å²) in [6, 6.07) is 19.9. The van der Waals surface area contributed by atoms with Crippen LogP contribution in [0.3, 0.4) is 0 Å². The maximum absolute atomic E-state index is 12.9. The second-order valence-electron chi connectivity index (χ2n) is 5.69. The topological polar surface area (TPSA) is 49.0 Å². The van der Waals surface area contributed by atoms with Gasteiger partial charge in [0.15, 0.2) is 0 Å². The number of aromatic nitrogens is 2. The molecule has 4 rings (SSSR count). The third-order valence-corrected chi connectivity index (χ3v) is 4.99. The van der Waals surface area contributed by atoms with Crippen LogP contribution >= 0.6 is 11.3 Å². The van der Waals surface area contributed by atoms with E-state index in [4.69, 9.17) is 0 Å². The number of aromatic amines is 1. The van der Waals surface area contributed by atoms with Gasteiger partial charge in [-0.25, -0.2) is 4.98 Å². The van der Waals surface area contributed by atoms with Crippen molar-refractivity contribution in [2.24, 2.45) is 0 Å². The third-order valence-electron chi connectivity index (χ3n) is 4.11. The van der Waals surface area contributed by atoms with Crippen molar-refractivity contribution in [2.45, 2.75) is 6.92 Å². The van der Waals surface area contributed by atoms with Gasteiger partial charge in [0.2, 0.25) is 0 Å². The lowest BCUT2D eigenvalue weighted by Crippen LogP contribution is -2.30. The summed E-state index contributed by atoms with van der Waals surface area (Å²) in [5.74, 6) is -0.0766. The van der Waals surface area contributed by atoms with Crippen molar-refractivity contribution in [1.82, 2.24) is 9.97 Å². The van der Waals surface area contributed by atoms with E-state index in [0.717, 1.165) is 27.3 Å². The molecule has 2 aromatic carbocycles. The summed E-state index contributed by atoms with van der Waals surface area (Å²) < 4.78 is 0. The molecule has 124 valence electrons. The number of thiazole rings is 1. The minimum absolute atomic E-state index is 0.0766. The number of fused-ring (bicyclic) bond motifs is 1. The van der Waals surface area contributed by atoms with Crippen LogP contribution in [0.25, 0.3) is 21.6 Å².